The largest absolute Gasteiger partial charge is 0.329 e. The maximum absolute atomic E-state index is 5.66. The number of benzene rings is 1. The van der Waals surface area contributed by atoms with Crippen molar-refractivity contribution in [3.63, 3.8) is 0 Å². The van der Waals surface area contributed by atoms with Gasteiger partial charge in [0.05, 0.1) is 0 Å². The lowest BCUT2D eigenvalue weighted by Crippen LogP contribution is -2.27. The van der Waals surface area contributed by atoms with Gasteiger partial charge in [0.25, 0.3) is 0 Å². The zero-order valence-corrected chi connectivity index (χ0v) is 9.91. The van der Waals surface area contributed by atoms with Gasteiger partial charge < -0.3 is 11.1 Å². The van der Waals surface area contributed by atoms with Crippen molar-refractivity contribution in [1.29, 1.82) is 0 Å². The maximum Gasteiger partial charge on any atom is 0.0444 e. The first-order valence-corrected chi connectivity index (χ1v) is 5.54. The van der Waals surface area contributed by atoms with Gasteiger partial charge in [-0.3, -0.25) is 0 Å². The van der Waals surface area contributed by atoms with Crippen molar-refractivity contribution in [3.05, 3.63) is 33.4 Å². The van der Waals surface area contributed by atoms with Crippen LogP contribution < -0.4 is 11.1 Å². The van der Waals surface area contributed by atoms with Crippen LogP contribution in [0.3, 0.4) is 0 Å². The molecule has 0 aromatic heterocycles. The van der Waals surface area contributed by atoms with Crippen LogP contribution in [0.2, 0.25) is 0 Å². The van der Waals surface area contributed by atoms with Crippen LogP contribution in [0.25, 0.3) is 0 Å². The summed E-state index contributed by atoms with van der Waals surface area (Å²) in [6.07, 6.45) is 0. The van der Waals surface area contributed by atoms with E-state index in [2.05, 4.69) is 59.1 Å². The molecule has 0 aliphatic rings. The van der Waals surface area contributed by atoms with Gasteiger partial charge in [-0.05, 0) is 46.8 Å². The van der Waals surface area contributed by atoms with Gasteiger partial charge in [0.1, 0.15) is 0 Å². The Bertz CT molecular complexity index is 246. The molecule has 3 heteroatoms. The van der Waals surface area contributed by atoms with Crippen LogP contribution in [0.4, 0.5) is 0 Å². The molecule has 0 amide bonds. The predicted molar refractivity (Wildman–Crippen MR) is 64.6 cm³/mol. The first-order valence-electron chi connectivity index (χ1n) is 4.46. The molecule has 72 valence electrons. The van der Waals surface area contributed by atoms with E-state index >= 15 is 0 Å². The smallest absolute Gasteiger partial charge is 0.0444 e. The molecule has 0 radical (unpaired) electrons. The minimum atomic E-state index is 0.294. The minimum Gasteiger partial charge on any atom is -0.329 e. The molecule has 0 spiro atoms. The standard InChI is InChI=1S/C10H15IN2/c1-2-13-10(7-12)8-3-5-9(11)6-4-8/h3-6,10,13H,2,7,12H2,1H3. The maximum atomic E-state index is 5.66. The molecule has 1 aromatic rings. The molecule has 0 fully saturated rings. The van der Waals surface area contributed by atoms with E-state index in [1.165, 1.54) is 9.13 Å². The molecule has 3 N–H and O–H groups in total. The van der Waals surface area contributed by atoms with Crippen LogP contribution in [-0.4, -0.2) is 13.1 Å². The highest BCUT2D eigenvalue weighted by Gasteiger charge is 2.06. The van der Waals surface area contributed by atoms with E-state index in [1.54, 1.807) is 0 Å². The Hall–Kier alpha value is -0.130. The van der Waals surface area contributed by atoms with E-state index in [4.69, 9.17) is 5.73 Å². The second kappa shape index (κ2) is 5.57. The summed E-state index contributed by atoms with van der Waals surface area (Å²) < 4.78 is 1.26. The van der Waals surface area contributed by atoms with Crippen molar-refractivity contribution in [2.75, 3.05) is 13.1 Å². The molecule has 1 aromatic carbocycles. The molecule has 0 saturated heterocycles. The highest BCUT2D eigenvalue weighted by atomic mass is 127. The summed E-state index contributed by atoms with van der Waals surface area (Å²) in [7, 11) is 0. The normalized spacial score (nSPS) is 12.8. The molecule has 13 heavy (non-hydrogen) atoms. The first kappa shape index (κ1) is 10.9. The number of nitrogens with one attached hydrogen (secondary N) is 1. The summed E-state index contributed by atoms with van der Waals surface area (Å²) in [6, 6.07) is 8.76. The molecule has 0 aliphatic heterocycles. The molecule has 1 atom stereocenters. The fourth-order valence-electron chi connectivity index (χ4n) is 1.28. The highest BCUT2D eigenvalue weighted by molar-refractivity contribution is 14.1. The van der Waals surface area contributed by atoms with Gasteiger partial charge in [0.2, 0.25) is 0 Å². The van der Waals surface area contributed by atoms with Crippen molar-refractivity contribution < 1.29 is 0 Å². The summed E-state index contributed by atoms with van der Waals surface area (Å²) in [5.41, 5.74) is 6.93. The van der Waals surface area contributed by atoms with Gasteiger partial charge in [-0.25, -0.2) is 0 Å². The predicted octanol–water partition coefficient (Wildman–Crippen LogP) is 1.90. The molecule has 0 bridgehead atoms. The fourth-order valence-corrected chi connectivity index (χ4v) is 1.64. The summed E-state index contributed by atoms with van der Waals surface area (Å²) in [5, 5.41) is 3.34. The van der Waals surface area contributed by atoms with E-state index in [0.717, 1.165) is 6.54 Å². The Morgan fingerprint density at radius 2 is 2.00 bits per heavy atom. The number of hydrogen-bond donors (Lipinski definition) is 2. The summed E-state index contributed by atoms with van der Waals surface area (Å²) in [5.74, 6) is 0. The molecule has 2 nitrogen and oxygen atoms in total. The lowest BCUT2D eigenvalue weighted by molar-refractivity contribution is 0.562. The van der Waals surface area contributed by atoms with Crippen molar-refractivity contribution in [1.82, 2.24) is 5.32 Å². The zero-order valence-electron chi connectivity index (χ0n) is 7.76. The van der Waals surface area contributed by atoms with E-state index in [1.807, 2.05) is 0 Å². The fraction of sp³-hybridized carbons (Fsp3) is 0.400. The van der Waals surface area contributed by atoms with Crippen LogP contribution in [0, 0.1) is 3.57 Å². The summed E-state index contributed by atoms with van der Waals surface area (Å²) in [4.78, 5) is 0. The third kappa shape index (κ3) is 3.25. The average molecular weight is 290 g/mol. The Morgan fingerprint density at radius 1 is 1.38 bits per heavy atom. The molecular formula is C10H15IN2. The van der Waals surface area contributed by atoms with Gasteiger partial charge in [0, 0.05) is 16.2 Å². The third-order valence-corrected chi connectivity index (χ3v) is 2.68. The molecule has 0 heterocycles. The van der Waals surface area contributed by atoms with E-state index in [0.29, 0.717) is 12.6 Å². The van der Waals surface area contributed by atoms with Crippen molar-refractivity contribution in [2.45, 2.75) is 13.0 Å². The molecule has 1 rings (SSSR count). The number of halogens is 1. The molecule has 0 saturated carbocycles. The Morgan fingerprint density at radius 3 is 2.46 bits per heavy atom. The summed E-state index contributed by atoms with van der Waals surface area (Å²) in [6.45, 7) is 3.69. The Balaban J connectivity index is 2.73. The quantitative estimate of drug-likeness (QED) is 0.831. The Kier molecular flexibility index (Phi) is 4.69. The van der Waals surface area contributed by atoms with Crippen LogP contribution in [0.15, 0.2) is 24.3 Å². The van der Waals surface area contributed by atoms with E-state index in [9.17, 15) is 0 Å². The second-order valence-corrected chi connectivity index (χ2v) is 4.14. The minimum absolute atomic E-state index is 0.294. The number of hydrogen-bond acceptors (Lipinski definition) is 2. The number of nitrogens with two attached hydrogens (primary N) is 1. The van der Waals surface area contributed by atoms with Crippen molar-refractivity contribution in [2.24, 2.45) is 5.73 Å². The number of likely N-dealkylation sites (N-methyl/N-ethyl adjacent to an activating group) is 1. The monoisotopic (exact) mass is 290 g/mol. The van der Waals surface area contributed by atoms with Gasteiger partial charge in [-0.2, -0.15) is 0 Å². The van der Waals surface area contributed by atoms with Gasteiger partial charge in [-0.15, -0.1) is 0 Å². The zero-order chi connectivity index (χ0) is 9.68. The summed E-state index contributed by atoms with van der Waals surface area (Å²) >= 11 is 2.30. The average Bonchev–Trinajstić information content (AvgIpc) is 2.16. The SMILES string of the molecule is CCNC(CN)c1ccc(I)cc1. The number of rotatable bonds is 4. The van der Waals surface area contributed by atoms with Crippen LogP contribution in [0.5, 0.6) is 0 Å². The van der Waals surface area contributed by atoms with E-state index < -0.39 is 0 Å². The highest BCUT2D eigenvalue weighted by Crippen LogP contribution is 2.13. The van der Waals surface area contributed by atoms with Crippen LogP contribution in [-0.2, 0) is 0 Å². The molecular weight excluding hydrogens is 275 g/mol. The Labute approximate surface area is 93.0 Å². The first-order chi connectivity index (χ1) is 6.27. The molecule has 1 unspecified atom stereocenters. The lowest BCUT2D eigenvalue weighted by atomic mass is 10.1. The third-order valence-electron chi connectivity index (χ3n) is 1.96. The van der Waals surface area contributed by atoms with Crippen molar-refractivity contribution >= 4 is 22.6 Å². The van der Waals surface area contributed by atoms with Crippen LogP contribution >= 0.6 is 22.6 Å². The van der Waals surface area contributed by atoms with Crippen LogP contribution in [0.1, 0.15) is 18.5 Å². The van der Waals surface area contributed by atoms with Gasteiger partial charge in [0.15, 0.2) is 0 Å². The van der Waals surface area contributed by atoms with Gasteiger partial charge in [-0.1, -0.05) is 19.1 Å². The van der Waals surface area contributed by atoms with Gasteiger partial charge >= 0.3 is 0 Å². The van der Waals surface area contributed by atoms with Crippen molar-refractivity contribution in [3.8, 4) is 0 Å². The topological polar surface area (TPSA) is 38.0 Å². The second-order valence-electron chi connectivity index (χ2n) is 2.90. The lowest BCUT2D eigenvalue weighted by Gasteiger charge is -2.15. The van der Waals surface area contributed by atoms with E-state index in [-0.39, 0.29) is 0 Å². The molecule has 0 aliphatic carbocycles.